The van der Waals surface area contributed by atoms with Crippen molar-refractivity contribution in [2.24, 2.45) is 5.73 Å². The van der Waals surface area contributed by atoms with Gasteiger partial charge in [-0.1, -0.05) is 0 Å². The zero-order chi connectivity index (χ0) is 14.3. The molecule has 1 aromatic rings. The molecule has 0 aliphatic heterocycles. The molecule has 0 heterocycles. The van der Waals surface area contributed by atoms with Gasteiger partial charge in [-0.25, -0.2) is 0 Å². The molecule has 0 spiro atoms. The number of nitrogens with two attached hydrogens (primary N) is 1. The normalized spacial score (nSPS) is 11.7. The molecule has 1 amide bonds. The Kier molecular flexibility index (Phi) is 6.02. The van der Waals surface area contributed by atoms with E-state index in [0.29, 0.717) is 17.9 Å². The largest absolute Gasteiger partial charge is 0.497 e. The van der Waals surface area contributed by atoms with Gasteiger partial charge in [0.1, 0.15) is 5.75 Å². The number of hydrogen-bond acceptors (Lipinski definition) is 4. The summed E-state index contributed by atoms with van der Waals surface area (Å²) >= 11 is 0. The first kappa shape index (κ1) is 15.2. The standard InChI is InChI=1S/C14H20N2O3/c1-10(9-15)16-14(18)8-7-13(17)11-3-5-12(19-2)6-4-11/h3-6,10H,7-9,15H2,1-2H3,(H,16,18)/t10-/m0/s1. The summed E-state index contributed by atoms with van der Waals surface area (Å²) in [5, 5.41) is 2.72. The summed E-state index contributed by atoms with van der Waals surface area (Å²) < 4.78 is 5.02. The van der Waals surface area contributed by atoms with Gasteiger partial charge in [0, 0.05) is 31.0 Å². The third-order valence-electron chi connectivity index (χ3n) is 2.75. The fraction of sp³-hybridized carbons (Fsp3) is 0.429. The number of methoxy groups -OCH3 is 1. The second-order valence-electron chi connectivity index (χ2n) is 4.36. The Hall–Kier alpha value is -1.88. The molecule has 5 nitrogen and oxygen atoms in total. The Morgan fingerprint density at radius 1 is 1.26 bits per heavy atom. The van der Waals surface area contributed by atoms with Crippen molar-refractivity contribution in [3.63, 3.8) is 0 Å². The Bertz CT molecular complexity index is 429. The first-order valence-electron chi connectivity index (χ1n) is 6.23. The van der Waals surface area contributed by atoms with Crippen LogP contribution < -0.4 is 15.8 Å². The van der Waals surface area contributed by atoms with Crippen molar-refractivity contribution in [3.05, 3.63) is 29.8 Å². The van der Waals surface area contributed by atoms with Gasteiger partial charge in [0.15, 0.2) is 5.78 Å². The van der Waals surface area contributed by atoms with Crippen LogP contribution >= 0.6 is 0 Å². The lowest BCUT2D eigenvalue weighted by Gasteiger charge is -2.10. The number of rotatable bonds is 7. The SMILES string of the molecule is COc1ccc(C(=O)CCC(=O)N[C@@H](C)CN)cc1. The molecule has 0 aromatic heterocycles. The van der Waals surface area contributed by atoms with E-state index in [4.69, 9.17) is 10.5 Å². The van der Waals surface area contributed by atoms with Crippen molar-refractivity contribution in [1.82, 2.24) is 5.32 Å². The van der Waals surface area contributed by atoms with E-state index in [2.05, 4.69) is 5.32 Å². The number of hydrogen-bond donors (Lipinski definition) is 2. The lowest BCUT2D eigenvalue weighted by Crippen LogP contribution is -2.37. The van der Waals surface area contributed by atoms with E-state index in [1.807, 2.05) is 6.92 Å². The van der Waals surface area contributed by atoms with Gasteiger partial charge in [-0.3, -0.25) is 9.59 Å². The lowest BCUT2D eigenvalue weighted by molar-refractivity contribution is -0.121. The van der Waals surface area contributed by atoms with Gasteiger partial charge in [0.05, 0.1) is 7.11 Å². The minimum atomic E-state index is -0.153. The van der Waals surface area contributed by atoms with Gasteiger partial charge < -0.3 is 15.8 Å². The predicted octanol–water partition coefficient (Wildman–Crippen LogP) is 1.12. The van der Waals surface area contributed by atoms with Crippen LogP contribution in [0.15, 0.2) is 24.3 Å². The number of Topliss-reactive ketones (excluding diaryl/α,β-unsaturated/α-hetero) is 1. The molecule has 3 N–H and O–H groups in total. The highest BCUT2D eigenvalue weighted by molar-refractivity contribution is 5.98. The maximum absolute atomic E-state index is 11.9. The predicted molar refractivity (Wildman–Crippen MR) is 73.2 cm³/mol. The van der Waals surface area contributed by atoms with E-state index in [1.165, 1.54) is 0 Å². The second kappa shape index (κ2) is 7.53. The molecular weight excluding hydrogens is 244 g/mol. The van der Waals surface area contributed by atoms with Gasteiger partial charge >= 0.3 is 0 Å². The van der Waals surface area contributed by atoms with Crippen LogP contribution in [-0.2, 0) is 4.79 Å². The van der Waals surface area contributed by atoms with E-state index >= 15 is 0 Å². The van der Waals surface area contributed by atoms with Gasteiger partial charge in [-0.05, 0) is 31.2 Å². The second-order valence-corrected chi connectivity index (χ2v) is 4.36. The molecule has 5 heteroatoms. The number of amides is 1. The number of ether oxygens (including phenoxy) is 1. The van der Waals surface area contributed by atoms with Gasteiger partial charge in [-0.2, -0.15) is 0 Å². The topological polar surface area (TPSA) is 81.4 Å². The molecule has 19 heavy (non-hydrogen) atoms. The third-order valence-corrected chi connectivity index (χ3v) is 2.75. The minimum Gasteiger partial charge on any atom is -0.497 e. The molecule has 1 aromatic carbocycles. The van der Waals surface area contributed by atoms with E-state index < -0.39 is 0 Å². The zero-order valence-electron chi connectivity index (χ0n) is 11.3. The van der Waals surface area contributed by atoms with Crippen molar-refractivity contribution >= 4 is 11.7 Å². The molecule has 0 fully saturated rings. The third kappa shape index (κ3) is 5.09. The summed E-state index contributed by atoms with van der Waals surface area (Å²) in [6.07, 6.45) is 0.366. The quantitative estimate of drug-likeness (QED) is 0.723. The van der Waals surface area contributed by atoms with Crippen molar-refractivity contribution in [2.45, 2.75) is 25.8 Å². The number of nitrogens with one attached hydrogen (secondary N) is 1. The maximum atomic E-state index is 11.9. The zero-order valence-corrected chi connectivity index (χ0v) is 11.3. The number of benzene rings is 1. The molecule has 0 unspecified atom stereocenters. The molecule has 0 saturated heterocycles. The van der Waals surface area contributed by atoms with Gasteiger partial charge in [0.25, 0.3) is 0 Å². The van der Waals surface area contributed by atoms with Crippen LogP contribution in [0.5, 0.6) is 5.75 Å². The summed E-state index contributed by atoms with van der Waals surface area (Å²) in [7, 11) is 1.57. The van der Waals surface area contributed by atoms with Crippen LogP contribution in [-0.4, -0.2) is 31.4 Å². The Balaban J connectivity index is 2.44. The van der Waals surface area contributed by atoms with E-state index in [0.717, 1.165) is 0 Å². The summed E-state index contributed by atoms with van der Waals surface area (Å²) in [6, 6.07) is 6.78. The van der Waals surface area contributed by atoms with Crippen LogP contribution in [0.3, 0.4) is 0 Å². The summed E-state index contributed by atoms with van der Waals surface area (Å²) in [4.78, 5) is 23.4. The van der Waals surface area contributed by atoms with Gasteiger partial charge in [0.2, 0.25) is 5.91 Å². The van der Waals surface area contributed by atoms with Crippen molar-refractivity contribution in [1.29, 1.82) is 0 Å². The average molecular weight is 264 g/mol. The highest BCUT2D eigenvalue weighted by Gasteiger charge is 2.10. The molecule has 0 saturated carbocycles. The number of carbonyl (C=O) groups excluding carboxylic acids is 2. The Morgan fingerprint density at radius 2 is 1.89 bits per heavy atom. The lowest BCUT2D eigenvalue weighted by atomic mass is 10.1. The summed E-state index contributed by atoms with van der Waals surface area (Å²) in [5.41, 5.74) is 5.98. The van der Waals surface area contributed by atoms with Crippen LogP contribution in [0.25, 0.3) is 0 Å². The van der Waals surface area contributed by atoms with Crippen LogP contribution in [0.1, 0.15) is 30.1 Å². The molecule has 0 bridgehead atoms. The van der Waals surface area contributed by atoms with Crippen molar-refractivity contribution < 1.29 is 14.3 Å². The molecule has 1 atom stereocenters. The fourth-order valence-electron chi connectivity index (χ4n) is 1.55. The van der Waals surface area contributed by atoms with E-state index in [-0.39, 0.29) is 30.6 Å². The van der Waals surface area contributed by atoms with Gasteiger partial charge in [-0.15, -0.1) is 0 Å². The highest BCUT2D eigenvalue weighted by Crippen LogP contribution is 2.13. The summed E-state index contributed by atoms with van der Waals surface area (Å²) in [5.74, 6) is 0.490. The smallest absolute Gasteiger partial charge is 0.220 e. The molecule has 0 aliphatic rings. The van der Waals surface area contributed by atoms with Crippen LogP contribution in [0, 0.1) is 0 Å². The highest BCUT2D eigenvalue weighted by atomic mass is 16.5. The number of carbonyl (C=O) groups is 2. The minimum absolute atomic E-state index is 0.0572. The van der Waals surface area contributed by atoms with Crippen molar-refractivity contribution in [2.75, 3.05) is 13.7 Å². The summed E-state index contributed by atoms with van der Waals surface area (Å²) in [6.45, 7) is 2.21. The Labute approximate surface area is 113 Å². The van der Waals surface area contributed by atoms with E-state index in [1.54, 1.807) is 31.4 Å². The average Bonchev–Trinajstić information content (AvgIpc) is 2.44. The van der Waals surface area contributed by atoms with Crippen LogP contribution in [0.4, 0.5) is 0 Å². The number of ketones is 1. The monoisotopic (exact) mass is 264 g/mol. The Morgan fingerprint density at radius 3 is 2.42 bits per heavy atom. The van der Waals surface area contributed by atoms with Crippen LogP contribution in [0.2, 0.25) is 0 Å². The van der Waals surface area contributed by atoms with E-state index in [9.17, 15) is 9.59 Å². The molecule has 1 rings (SSSR count). The molecule has 0 radical (unpaired) electrons. The first-order valence-corrected chi connectivity index (χ1v) is 6.23. The van der Waals surface area contributed by atoms with Crippen molar-refractivity contribution in [3.8, 4) is 5.75 Å². The molecule has 0 aliphatic carbocycles. The fourth-order valence-corrected chi connectivity index (χ4v) is 1.55. The first-order chi connectivity index (χ1) is 9.06. The molecule has 104 valence electrons. The maximum Gasteiger partial charge on any atom is 0.220 e. The molecular formula is C14H20N2O3.